The lowest BCUT2D eigenvalue weighted by Gasteiger charge is -2.22. The zero-order valence-corrected chi connectivity index (χ0v) is 15.9. The monoisotopic (exact) mass is 344 g/mol. The summed E-state index contributed by atoms with van der Waals surface area (Å²) >= 11 is 1.41. The number of rotatable bonds is 7. The molecule has 1 N–H and O–H groups in total. The lowest BCUT2D eigenvalue weighted by molar-refractivity contribution is -0.114. The Balaban J connectivity index is 0.00000211. The summed E-state index contributed by atoms with van der Waals surface area (Å²) in [6.45, 7) is 12.0. The van der Waals surface area contributed by atoms with Gasteiger partial charge in [-0.1, -0.05) is 0 Å². The molecule has 124 valence electrons. The van der Waals surface area contributed by atoms with E-state index in [1.165, 1.54) is 11.3 Å². The van der Waals surface area contributed by atoms with Gasteiger partial charge in [0.15, 0.2) is 5.78 Å². The van der Waals surface area contributed by atoms with E-state index in [4.69, 9.17) is 4.79 Å². The van der Waals surface area contributed by atoms with Crippen LogP contribution in [0.4, 0.5) is 5.69 Å². The molecule has 0 bridgehead atoms. The molecule has 6 heteroatoms. The maximum absolute atomic E-state index is 12.3. The molecule has 0 spiro atoms. The van der Waals surface area contributed by atoms with Crippen LogP contribution in [0.1, 0.15) is 42.9 Å². The minimum absolute atomic E-state index is 0.0148. The van der Waals surface area contributed by atoms with E-state index in [9.17, 15) is 9.59 Å². The summed E-state index contributed by atoms with van der Waals surface area (Å²) in [6.07, 6.45) is 3.95. The molecule has 4 nitrogen and oxygen atoms in total. The van der Waals surface area contributed by atoms with Gasteiger partial charge in [0.25, 0.3) is 5.91 Å². The molecule has 1 aromatic heterocycles. The predicted molar refractivity (Wildman–Crippen MR) is 98.2 cm³/mol. The highest BCUT2D eigenvalue weighted by atomic mass is 32.1. The van der Waals surface area contributed by atoms with Crippen LogP contribution in [0.5, 0.6) is 0 Å². The maximum Gasteiger partial charge on any atom is 0.261 e. The Labute approximate surface area is 138 Å². The van der Waals surface area contributed by atoms with Crippen LogP contribution in [0.15, 0.2) is 5.38 Å². The van der Waals surface area contributed by atoms with Crippen molar-refractivity contribution < 1.29 is 14.4 Å². The van der Waals surface area contributed by atoms with Gasteiger partial charge < -0.3 is 10.1 Å². The zero-order chi connectivity index (χ0) is 17.3. The molecule has 0 aliphatic rings. The molecule has 0 unspecified atom stereocenters. The van der Waals surface area contributed by atoms with Gasteiger partial charge in [0, 0.05) is 14.2 Å². The molecule has 0 aliphatic heterocycles. The Kier molecular flexibility index (Phi) is 9.38. The van der Waals surface area contributed by atoms with Crippen LogP contribution >= 0.6 is 18.6 Å². The zero-order valence-electron chi connectivity index (χ0n) is 14.2. The molecule has 0 aromatic carbocycles. The first-order valence-electron chi connectivity index (χ1n) is 7.42. The average molecular weight is 344 g/mol. The van der Waals surface area contributed by atoms with Crippen molar-refractivity contribution in [1.82, 2.24) is 0 Å². The third-order valence-corrected chi connectivity index (χ3v) is 10.2. The lowest BCUT2D eigenvalue weighted by Crippen LogP contribution is -2.22. The lowest BCUT2D eigenvalue weighted by atomic mass is 10.2. The molecule has 22 heavy (non-hydrogen) atoms. The number of ketones is 1. The Morgan fingerprint density at radius 3 is 2.09 bits per heavy atom. The number of thiophene rings is 1. The summed E-state index contributed by atoms with van der Waals surface area (Å²) in [5, 5.41) is 4.90. The molecular formula is C16H27NO3PS+. The number of hydrogen-bond acceptors (Lipinski definition) is 4. The first kappa shape index (κ1) is 20.9. The van der Waals surface area contributed by atoms with Crippen molar-refractivity contribution in [3.05, 3.63) is 15.8 Å². The van der Waals surface area contributed by atoms with Gasteiger partial charge >= 0.3 is 0 Å². The Hall–Kier alpha value is -1.06. The highest BCUT2D eigenvalue weighted by molar-refractivity contribution is 7.76. The van der Waals surface area contributed by atoms with Crippen LogP contribution in [0.2, 0.25) is 0 Å². The standard InChI is InChI=1S/C15H24NO2PS.CH2O/c1-6-19(7-2,8-3)9-13(18)16-14-11(4)10-20-15(14)12(5)17;1-2/h10H,6-9H2,1-5H3;1H2/p+1. The van der Waals surface area contributed by atoms with Crippen LogP contribution in [0.3, 0.4) is 0 Å². The third kappa shape index (κ3) is 5.29. The van der Waals surface area contributed by atoms with Crippen molar-refractivity contribution in [3.8, 4) is 0 Å². The number of amides is 1. The number of Topliss-reactive ketones (excluding diaryl/α,β-unsaturated/α-hetero) is 1. The second kappa shape index (κ2) is 9.86. The fraction of sp³-hybridized carbons (Fsp3) is 0.562. The normalized spacial score (nSPS) is 10.6. The maximum atomic E-state index is 12.3. The SMILES string of the molecule is C=O.CC[P+](CC)(CC)CC(=O)Nc1c(C)csc1C(C)=O. The molecule has 1 heterocycles. The van der Waals surface area contributed by atoms with Crippen molar-refractivity contribution in [2.24, 2.45) is 0 Å². The van der Waals surface area contributed by atoms with Crippen molar-refractivity contribution >= 4 is 42.8 Å². The van der Waals surface area contributed by atoms with Crippen LogP contribution < -0.4 is 5.32 Å². The van der Waals surface area contributed by atoms with Gasteiger partial charge in [-0.25, -0.2) is 0 Å². The third-order valence-electron chi connectivity index (χ3n) is 4.05. The van der Waals surface area contributed by atoms with E-state index in [1.807, 2.05) is 19.1 Å². The molecule has 0 radical (unpaired) electrons. The average Bonchev–Trinajstić information content (AvgIpc) is 2.88. The molecule has 0 aliphatic carbocycles. The molecule has 0 saturated heterocycles. The number of aryl methyl sites for hydroxylation is 1. The molecule has 0 atom stereocenters. The quantitative estimate of drug-likeness (QED) is 0.598. The number of carbonyl (C=O) groups excluding carboxylic acids is 3. The van der Waals surface area contributed by atoms with Crippen molar-refractivity contribution in [1.29, 1.82) is 0 Å². The highest BCUT2D eigenvalue weighted by Crippen LogP contribution is 2.57. The van der Waals surface area contributed by atoms with Gasteiger partial charge in [0.1, 0.15) is 13.0 Å². The van der Waals surface area contributed by atoms with Crippen LogP contribution in [-0.2, 0) is 9.59 Å². The Morgan fingerprint density at radius 1 is 1.18 bits per heavy atom. The molecule has 0 saturated carbocycles. The Morgan fingerprint density at radius 2 is 1.68 bits per heavy atom. The van der Waals surface area contributed by atoms with Crippen LogP contribution in [0.25, 0.3) is 0 Å². The topological polar surface area (TPSA) is 63.2 Å². The summed E-state index contributed by atoms with van der Waals surface area (Å²) in [5.74, 6) is 0.0776. The number of nitrogens with one attached hydrogen (secondary N) is 1. The van der Waals surface area contributed by atoms with E-state index in [0.29, 0.717) is 16.7 Å². The Bertz CT molecular complexity index is 501. The predicted octanol–water partition coefficient (Wildman–Crippen LogP) is 4.09. The van der Waals surface area contributed by atoms with E-state index in [0.717, 1.165) is 24.0 Å². The summed E-state index contributed by atoms with van der Waals surface area (Å²) in [6, 6.07) is 0. The van der Waals surface area contributed by atoms with Gasteiger partial charge in [-0.2, -0.15) is 0 Å². The second-order valence-electron chi connectivity index (χ2n) is 5.18. The molecule has 1 aromatic rings. The molecule has 1 rings (SSSR count). The number of anilines is 1. The van der Waals surface area contributed by atoms with Gasteiger partial charge in [0.2, 0.25) is 0 Å². The first-order chi connectivity index (χ1) is 10.4. The molecular weight excluding hydrogens is 317 g/mol. The van der Waals surface area contributed by atoms with E-state index >= 15 is 0 Å². The molecule has 1 amide bonds. The largest absolute Gasteiger partial charge is 0.321 e. The summed E-state index contributed by atoms with van der Waals surface area (Å²) in [4.78, 5) is 32.6. The van der Waals surface area contributed by atoms with Crippen molar-refractivity contribution in [2.75, 3.05) is 30.0 Å². The summed E-state index contributed by atoms with van der Waals surface area (Å²) in [5.41, 5.74) is 1.69. The van der Waals surface area contributed by atoms with Gasteiger partial charge in [0.05, 0.1) is 29.1 Å². The number of hydrogen-bond donors (Lipinski definition) is 1. The van der Waals surface area contributed by atoms with Crippen molar-refractivity contribution in [2.45, 2.75) is 34.6 Å². The van der Waals surface area contributed by atoms with E-state index in [1.54, 1.807) is 6.92 Å². The minimum atomic E-state index is -1.16. The van der Waals surface area contributed by atoms with Crippen LogP contribution in [-0.4, -0.2) is 43.1 Å². The molecule has 0 fully saturated rings. The van der Waals surface area contributed by atoms with Gasteiger partial charge in [-0.05, 0) is 38.6 Å². The van der Waals surface area contributed by atoms with E-state index < -0.39 is 7.26 Å². The smallest absolute Gasteiger partial charge is 0.261 e. The first-order valence-corrected chi connectivity index (χ1v) is 10.8. The van der Waals surface area contributed by atoms with Gasteiger partial charge in [-0.3, -0.25) is 9.59 Å². The summed E-state index contributed by atoms with van der Waals surface area (Å²) < 4.78 is 0. The second-order valence-corrected chi connectivity index (χ2v) is 11.0. The van der Waals surface area contributed by atoms with Gasteiger partial charge in [-0.15, -0.1) is 11.3 Å². The van der Waals surface area contributed by atoms with Crippen LogP contribution in [0, 0.1) is 6.92 Å². The number of carbonyl (C=O) groups is 3. The van der Waals surface area contributed by atoms with E-state index in [-0.39, 0.29) is 11.7 Å². The fourth-order valence-electron chi connectivity index (χ4n) is 2.35. The fourth-order valence-corrected chi connectivity index (χ4v) is 5.96. The minimum Gasteiger partial charge on any atom is -0.321 e. The highest BCUT2D eigenvalue weighted by Gasteiger charge is 2.34. The van der Waals surface area contributed by atoms with E-state index in [2.05, 4.69) is 26.1 Å². The summed E-state index contributed by atoms with van der Waals surface area (Å²) in [7, 11) is -1.16. The van der Waals surface area contributed by atoms with Crippen molar-refractivity contribution in [3.63, 3.8) is 0 Å².